The Labute approximate surface area is 147 Å². The monoisotopic (exact) mass is 343 g/mol. The Bertz CT molecular complexity index is 787. The van der Waals surface area contributed by atoms with Crippen LogP contribution in [0.1, 0.15) is 21.6 Å². The minimum Gasteiger partial charge on any atom is -0.378 e. The van der Waals surface area contributed by atoms with Crippen molar-refractivity contribution < 1.29 is 14.3 Å². The Kier molecular flexibility index (Phi) is 4.27. The van der Waals surface area contributed by atoms with Gasteiger partial charge < -0.3 is 19.8 Å². The molecule has 6 nitrogen and oxygen atoms in total. The first-order valence-electron chi connectivity index (χ1n) is 8.87. The molecule has 0 radical (unpaired) electrons. The SMILES string of the molecule is Cc1ccc2[nH]c(C(=O)NCC34COCCN3CCOC4)cc2c1C. The third kappa shape index (κ3) is 2.94. The number of rotatable bonds is 3. The fraction of sp³-hybridized carbons (Fsp3) is 0.526. The number of carbonyl (C=O) groups is 1. The van der Waals surface area contributed by atoms with Crippen LogP contribution in [0.2, 0.25) is 0 Å². The highest BCUT2D eigenvalue weighted by Crippen LogP contribution is 2.25. The van der Waals surface area contributed by atoms with Crippen LogP contribution in [0, 0.1) is 13.8 Å². The van der Waals surface area contributed by atoms with Crippen molar-refractivity contribution in [3.05, 3.63) is 35.0 Å². The molecule has 3 heterocycles. The van der Waals surface area contributed by atoms with E-state index in [1.807, 2.05) is 12.1 Å². The second kappa shape index (κ2) is 6.44. The van der Waals surface area contributed by atoms with Crippen molar-refractivity contribution in [3.8, 4) is 0 Å². The molecule has 0 bridgehead atoms. The van der Waals surface area contributed by atoms with Gasteiger partial charge in [0, 0.05) is 30.5 Å². The average molecular weight is 343 g/mol. The third-order valence-electron chi connectivity index (χ3n) is 5.59. The van der Waals surface area contributed by atoms with Crippen molar-refractivity contribution in [2.24, 2.45) is 0 Å². The second-order valence-electron chi connectivity index (χ2n) is 7.15. The smallest absolute Gasteiger partial charge is 0.267 e. The molecule has 0 atom stereocenters. The van der Waals surface area contributed by atoms with Crippen molar-refractivity contribution in [1.82, 2.24) is 15.2 Å². The fourth-order valence-corrected chi connectivity index (χ4v) is 3.82. The van der Waals surface area contributed by atoms with E-state index < -0.39 is 0 Å². The summed E-state index contributed by atoms with van der Waals surface area (Å²) >= 11 is 0. The second-order valence-corrected chi connectivity index (χ2v) is 7.15. The quantitative estimate of drug-likeness (QED) is 0.889. The van der Waals surface area contributed by atoms with E-state index in [4.69, 9.17) is 9.47 Å². The highest BCUT2D eigenvalue weighted by molar-refractivity contribution is 5.99. The van der Waals surface area contributed by atoms with Gasteiger partial charge in [0.25, 0.3) is 5.91 Å². The number of morpholine rings is 2. The summed E-state index contributed by atoms with van der Waals surface area (Å²) in [5.41, 5.74) is 3.78. The molecule has 134 valence electrons. The van der Waals surface area contributed by atoms with Gasteiger partial charge >= 0.3 is 0 Å². The number of nitrogens with zero attached hydrogens (tertiary/aromatic N) is 1. The molecule has 1 amide bonds. The Morgan fingerprint density at radius 3 is 2.68 bits per heavy atom. The molecule has 2 aliphatic rings. The molecule has 0 spiro atoms. The first-order chi connectivity index (χ1) is 12.1. The molecule has 2 aromatic rings. The van der Waals surface area contributed by atoms with Gasteiger partial charge in [0.2, 0.25) is 0 Å². The van der Waals surface area contributed by atoms with E-state index in [0.717, 1.165) is 37.2 Å². The summed E-state index contributed by atoms with van der Waals surface area (Å²) in [6, 6.07) is 6.04. The molecular formula is C19H25N3O3. The third-order valence-corrected chi connectivity index (χ3v) is 5.59. The van der Waals surface area contributed by atoms with Gasteiger partial charge in [0.15, 0.2) is 0 Å². The van der Waals surface area contributed by atoms with Crippen LogP contribution in [-0.2, 0) is 9.47 Å². The summed E-state index contributed by atoms with van der Waals surface area (Å²) in [7, 11) is 0. The van der Waals surface area contributed by atoms with Crippen molar-refractivity contribution in [1.29, 1.82) is 0 Å². The van der Waals surface area contributed by atoms with E-state index in [-0.39, 0.29) is 11.4 Å². The molecule has 0 unspecified atom stereocenters. The minimum absolute atomic E-state index is 0.0845. The van der Waals surface area contributed by atoms with Crippen LogP contribution in [0.3, 0.4) is 0 Å². The molecule has 0 aliphatic carbocycles. The van der Waals surface area contributed by atoms with E-state index in [9.17, 15) is 4.79 Å². The predicted octanol–water partition coefficient (Wildman–Crippen LogP) is 1.62. The normalized spacial score (nSPS) is 20.4. The zero-order valence-electron chi connectivity index (χ0n) is 14.9. The number of carbonyl (C=O) groups excluding carboxylic acids is 1. The van der Waals surface area contributed by atoms with E-state index in [1.54, 1.807) is 0 Å². The number of ether oxygens (including phenoxy) is 2. The topological polar surface area (TPSA) is 66.6 Å². The number of aromatic amines is 1. The number of aryl methyl sites for hydroxylation is 2. The molecule has 2 saturated heterocycles. The predicted molar refractivity (Wildman–Crippen MR) is 96.0 cm³/mol. The van der Waals surface area contributed by atoms with Crippen LogP contribution in [0.5, 0.6) is 0 Å². The lowest BCUT2D eigenvalue weighted by molar-refractivity contribution is -0.139. The number of fused-ring (bicyclic) bond motifs is 2. The molecule has 6 heteroatoms. The van der Waals surface area contributed by atoms with Gasteiger partial charge in [0.1, 0.15) is 5.69 Å². The average Bonchev–Trinajstić information content (AvgIpc) is 3.08. The number of aromatic nitrogens is 1. The lowest BCUT2D eigenvalue weighted by Gasteiger charge is -2.49. The Morgan fingerprint density at radius 2 is 1.96 bits per heavy atom. The maximum atomic E-state index is 12.7. The summed E-state index contributed by atoms with van der Waals surface area (Å²) in [6.45, 7) is 9.17. The maximum Gasteiger partial charge on any atom is 0.267 e. The molecule has 2 fully saturated rings. The van der Waals surface area contributed by atoms with Crippen LogP contribution in [0.15, 0.2) is 18.2 Å². The molecule has 1 aromatic heterocycles. The van der Waals surface area contributed by atoms with E-state index >= 15 is 0 Å². The summed E-state index contributed by atoms with van der Waals surface area (Å²) in [5.74, 6) is -0.0845. The number of benzene rings is 1. The largest absolute Gasteiger partial charge is 0.378 e. The lowest BCUT2D eigenvalue weighted by atomic mass is 9.96. The van der Waals surface area contributed by atoms with Crippen LogP contribution < -0.4 is 5.32 Å². The molecule has 25 heavy (non-hydrogen) atoms. The standard InChI is InChI=1S/C19H25N3O3/c1-13-3-4-16-15(14(13)2)9-17(21-16)18(23)20-10-19-11-24-7-5-22(19)6-8-25-12-19/h3-4,9,21H,5-8,10-12H2,1-2H3,(H,20,23). The summed E-state index contributed by atoms with van der Waals surface area (Å²) in [4.78, 5) is 18.3. The molecule has 4 rings (SSSR count). The van der Waals surface area contributed by atoms with Crippen LogP contribution >= 0.6 is 0 Å². The number of amides is 1. The van der Waals surface area contributed by atoms with Gasteiger partial charge in [-0.2, -0.15) is 0 Å². The van der Waals surface area contributed by atoms with Gasteiger partial charge in [-0.1, -0.05) is 6.07 Å². The van der Waals surface area contributed by atoms with Crippen LogP contribution in [-0.4, -0.2) is 67.4 Å². The number of hydrogen-bond acceptors (Lipinski definition) is 4. The first-order valence-corrected chi connectivity index (χ1v) is 8.87. The van der Waals surface area contributed by atoms with Crippen molar-refractivity contribution in [2.75, 3.05) is 46.1 Å². The number of hydrogen-bond donors (Lipinski definition) is 2. The zero-order valence-corrected chi connectivity index (χ0v) is 14.9. The fourth-order valence-electron chi connectivity index (χ4n) is 3.82. The highest BCUT2D eigenvalue weighted by atomic mass is 16.5. The summed E-state index contributed by atoms with van der Waals surface area (Å²) in [6.07, 6.45) is 0. The van der Waals surface area contributed by atoms with Crippen molar-refractivity contribution in [2.45, 2.75) is 19.4 Å². The van der Waals surface area contributed by atoms with Crippen LogP contribution in [0.4, 0.5) is 0 Å². The van der Waals surface area contributed by atoms with Gasteiger partial charge in [-0.3, -0.25) is 9.69 Å². The van der Waals surface area contributed by atoms with Gasteiger partial charge in [-0.05, 0) is 37.1 Å². The highest BCUT2D eigenvalue weighted by Gasteiger charge is 2.42. The van der Waals surface area contributed by atoms with E-state index in [2.05, 4.69) is 35.1 Å². The van der Waals surface area contributed by atoms with Gasteiger partial charge in [-0.25, -0.2) is 0 Å². The Balaban J connectivity index is 1.51. The maximum absolute atomic E-state index is 12.7. The zero-order chi connectivity index (χ0) is 17.4. The number of nitrogens with one attached hydrogen (secondary N) is 2. The minimum atomic E-state index is -0.245. The van der Waals surface area contributed by atoms with Gasteiger partial charge in [0.05, 0.1) is 32.0 Å². The molecule has 2 N–H and O–H groups in total. The summed E-state index contributed by atoms with van der Waals surface area (Å²) < 4.78 is 11.4. The molecular weight excluding hydrogens is 318 g/mol. The molecule has 1 aromatic carbocycles. The van der Waals surface area contributed by atoms with E-state index in [1.165, 1.54) is 11.1 Å². The summed E-state index contributed by atoms with van der Waals surface area (Å²) in [5, 5.41) is 4.19. The van der Waals surface area contributed by atoms with Crippen molar-refractivity contribution >= 4 is 16.8 Å². The molecule has 2 aliphatic heterocycles. The van der Waals surface area contributed by atoms with E-state index in [0.29, 0.717) is 25.5 Å². The lowest BCUT2D eigenvalue weighted by Crippen LogP contribution is -2.67. The molecule has 0 saturated carbocycles. The van der Waals surface area contributed by atoms with Crippen molar-refractivity contribution in [3.63, 3.8) is 0 Å². The number of H-pyrrole nitrogens is 1. The van der Waals surface area contributed by atoms with Crippen LogP contribution in [0.25, 0.3) is 10.9 Å². The first kappa shape index (κ1) is 16.6. The van der Waals surface area contributed by atoms with Gasteiger partial charge in [-0.15, -0.1) is 0 Å². The Morgan fingerprint density at radius 1 is 1.24 bits per heavy atom. The Hall–Kier alpha value is -1.89.